The zero-order valence-corrected chi connectivity index (χ0v) is 15.0. The Morgan fingerprint density at radius 2 is 1.62 bits per heavy atom. The van der Waals surface area contributed by atoms with Gasteiger partial charge >= 0.3 is 0 Å². The zero-order chi connectivity index (χ0) is 17.8. The van der Waals surface area contributed by atoms with Gasteiger partial charge < -0.3 is 4.98 Å². The quantitative estimate of drug-likeness (QED) is 0.535. The maximum Gasteiger partial charge on any atom is 0.110 e. The van der Waals surface area contributed by atoms with Crippen LogP contribution in [0.2, 0.25) is 0 Å². The van der Waals surface area contributed by atoms with E-state index in [9.17, 15) is 0 Å². The van der Waals surface area contributed by atoms with Crippen molar-refractivity contribution in [3.05, 3.63) is 99.8 Å². The predicted octanol–water partition coefficient (Wildman–Crippen LogP) is 5.19. The highest BCUT2D eigenvalue weighted by molar-refractivity contribution is 7.08. The van der Waals surface area contributed by atoms with Gasteiger partial charge in [-0.15, -0.1) is 0 Å². The van der Waals surface area contributed by atoms with Gasteiger partial charge in [0.05, 0.1) is 11.6 Å². The van der Waals surface area contributed by atoms with Crippen molar-refractivity contribution in [1.29, 1.82) is 5.26 Å². The number of rotatable bonds is 5. The van der Waals surface area contributed by atoms with Gasteiger partial charge in [-0.3, -0.25) is 0 Å². The van der Waals surface area contributed by atoms with Crippen molar-refractivity contribution >= 4 is 11.3 Å². The van der Waals surface area contributed by atoms with Gasteiger partial charge in [0.25, 0.3) is 0 Å². The summed E-state index contributed by atoms with van der Waals surface area (Å²) in [6.45, 7) is 0. The average molecular weight is 355 g/mol. The zero-order valence-electron chi connectivity index (χ0n) is 14.1. The lowest BCUT2D eigenvalue weighted by Gasteiger charge is -2.02. The van der Waals surface area contributed by atoms with Gasteiger partial charge in [-0.05, 0) is 51.2 Å². The third kappa shape index (κ3) is 3.74. The fourth-order valence-electron chi connectivity index (χ4n) is 2.94. The number of hydrogen-bond donors (Lipinski definition) is 1. The summed E-state index contributed by atoms with van der Waals surface area (Å²) in [4.78, 5) is 7.91. The van der Waals surface area contributed by atoms with E-state index in [4.69, 9.17) is 5.26 Å². The summed E-state index contributed by atoms with van der Waals surface area (Å²) in [6, 6.07) is 20.6. The molecule has 4 aromatic rings. The summed E-state index contributed by atoms with van der Waals surface area (Å²) >= 11 is 1.72. The third-order valence-corrected chi connectivity index (χ3v) is 5.02. The van der Waals surface area contributed by atoms with Gasteiger partial charge in [0.2, 0.25) is 0 Å². The lowest BCUT2D eigenvalue weighted by Crippen LogP contribution is -1.93. The monoisotopic (exact) mass is 355 g/mol. The molecule has 2 heterocycles. The molecule has 0 aliphatic rings. The van der Waals surface area contributed by atoms with Crippen LogP contribution in [-0.2, 0) is 12.8 Å². The highest BCUT2D eigenvalue weighted by Gasteiger charge is 2.05. The second-order valence-corrected chi connectivity index (χ2v) is 7.01. The van der Waals surface area contributed by atoms with Crippen LogP contribution in [-0.4, -0.2) is 9.97 Å². The van der Waals surface area contributed by atoms with Crippen LogP contribution >= 0.6 is 11.3 Å². The van der Waals surface area contributed by atoms with Gasteiger partial charge in [0, 0.05) is 24.7 Å². The number of aromatic amines is 1. The summed E-state index contributed by atoms with van der Waals surface area (Å²) in [5, 5.41) is 13.1. The van der Waals surface area contributed by atoms with Crippen LogP contribution in [0, 0.1) is 11.3 Å². The lowest BCUT2D eigenvalue weighted by atomic mass is 10.1. The summed E-state index contributed by atoms with van der Waals surface area (Å²) in [5.41, 5.74) is 6.69. The number of nitrogens with one attached hydrogen (secondary N) is 1. The fraction of sp³-hybridized carbons (Fsp3) is 0.0909. The van der Waals surface area contributed by atoms with Crippen molar-refractivity contribution in [2.45, 2.75) is 12.8 Å². The second kappa shape index (κ2) is 7.38. The highest BCUT2D eigenvalue weighted by atomic mass is 32.1. The van der Waals surface area contributed by atoms with E-state index < -0.39 is 0 Å². The number of nitriles is 1. The molecule has 2 aromatic heterocycles. The third-order valence-electron chi connectivity index (χ3n) is 4.34. The Kier molecular flexibility index (Phi) is 4.63. The van der Waals surface area contributed by atoms with Crippen LogP contribution in [0.3, 0.4) is 0 Å². The Hall–Kier alpha value is -3.16. The van der Waals surface area contributed by atoms with E-state index in [1.54, 1.807) is 11.3 Å². The molecule has 0 saturated heterocycles. The van der Waals surface area contributed by atoms with Gasteiger partial charge in [-0.2, -0.15) is 16.6 Å². The van der Waals surface area contributed by atoms with Crippen LogP contribution in [0.15, 0.2) is 71.6 Å². The topological polar surface area (TPSA) is 52.5 Å². The maximum absolute atomic E-state index is 8.87. The molecule has 0 radical (unpaired) electrons. The molecule has 0 aliphatic heterocycles. The van der Waals surface area contributed by atoms with E-state index in [1.165, 1.54) is 22.3 Å². The van der Waals surface area contributed by atoms with E-state index in [2.05, 4.69) is 57.1 Å². The van der Waals surface area contributed by atoms with E-state index >= 15 is 0 Å². The first-order valence-corrected chi connectivity index (χ1v) is 9.38. The molecule has 0 spiro atoms. The molecule has 0 bridgehead atoms. The smallest absolute Gasteiger partial charge is 0.110 e. The Morgan fingerprint density at radius 1 is 0.885 bits per heavy atom. The molecule has 0 aliphatic carbocycles. The first-order chi connectivity index (χ1) is 12.8. The van der Waals surface area contributed by atoms with Crippen LogP contribution in [0.25, 0.3) is 11.1 Å². The Morgan fingerprint density at radius 3 is 2.31 bits per heavy atom. The van der Waals surface area contributed by atoms with Crippen molar-refractivity contribution in [3.8, 4) is 17.2 Å². The van der Waals surface area contributed by atoms with Crippen LogP contribution in [0.5, 0.6) is 0 Å². The minimum absolute atomic E-state index is 0.685. The number of aromatic nitrogens is 2. The SMILES string of the molecule is N#Cc1ccc(Cc2cnc(Cc3ccc(-c4ccsc4)cc3)[nH]2)cc1. The summed E-state index contributed by atoms with van der Waals surface area (Å²) < 4.78 is 0. The highest BCUT2D eigenvalue weighted by Crippen LogP contribution is 2.22. The van der Waals surface area contributed by atoms with E-state index in [1.807, 2.05) is 30.5 Å². The molecule has 1 N–H and O–H groups in total. The molecule has 2 aromatic carbocycles. The van der Waals surface area contributed by atoms with Crippen molar-refractivity contribution in [3.63, 3.8) is 0 Å². The summed E-state index contributed by atoms with van der Waals surface area (Å²) in [7, 11) is 0. The Balaban J connectivity index is 1.42. The molecule has 0 saturated carbocycles. The van der Waals surface area contributed by atoms with Crippen LogP contribution < -0.4 is 0 Å². The van der Waals surface area contributed by atoms with Gasteiger partial charge in [0.15, 0.2) is 0 Å². The first kappa shape index (κ1) is 16.3. The first-order valence-electron chi connectivity index (χ1n) is 8.43. The Bertz CT molecular complexity index is 1020. The number of imidazole rings is 1. The molecule has 3 nitrogen and oxygen atoms in total. The van der Waals surface area contributed by atoms with Crippen LogP contribution in [0.1, 0.15) is 28.2 Å². The molecular weight excluding hydrogens is 338 g/mol. The molecule has 26 heavy (non-hydrogen) atoms. The number of thiophene rings is 1. The van der Waals surface area contributed by atoms with E-state index in [0.29, 0.717) is 5.56 Å². The summed E-state index contributed by atoms with van der Waals surface area (Å²) in [6.07, 6.45) is 3.47. The molecular formula is C22H17N3S. The average Bonchev–Trinajstić information content (AvgIpc) is 3.35. The lowest BCUT2D eigenvalue weighted by molar-refractivity contribution is 1.000. The predicted molar refractivity (Wildman–Crippen MR) is 105 cm³/mol. The number of benzene rings is 2. The normalized spacial score (nSPS) is 10.6. The minimum atomic E-state index is 0.685. The van der Waals surface area contributed by atoms with Crippen molar-refractivity contribution in [1.82, 2.24) is 9.97 Å². The molecule has 0 fully saturated rings. The number of nitrogens with zero attached hydrogens (tertiary/aromatic N) is 2. The molecule has 0 amide bonds. The van der Waals surface area contributed by atoms with Gasteiger partial charge in [-0.1, -0.05) is 36.4 Å². The number of H-pyrrole nitrogens is 1. The Labute approximate surface area is 156 Å². The minimum Gasteiger partial charge on any atom is -0.345 e. The van der Waals surface area contributed by atoms with E-state index in [-0.39, 0.29) is 0 Å². The van der Waals surface area contributed by atoms with E-state index in [0.717, 1.165) is 24.4 Å². The van der Waals surface area contributed by atoms with Crippen LogP contribution in [0.4, 0.5) is 0 Å². The van der Waals surface area contributed by atoms with Crippen molar-refractivity contribution < 1.29 is 0 Å². The number of hydrogen-bond acceptors (Lipinski definition) is 3. The standard InChI is InChI=1S/C22H17N3S/c23-13-18-3-1-16(2-4-18)11-21-14-24-22(25-21)12-17-5-7-19(8-6-17)20-9-10-26-15-20/h1-10,14-15H,11-12H2,(H,24,25). The summed E-state index contributed by atoms with van der Waals surface area (Å²) in [5.74, 6) is 0.969. The molecule has 4 rings (SSSR count). The molecule has 126 valence electrons. The largest absolute Gasteiger partial charge is 0.345 e. The van der Waals surface area contributed by atoms with Gasteiger partial charge in [-0.25, -0.2) is 4.98 Å². The van der Waals surface area contributed by atoms with Gasteiger partial charge in [0.1, 0.15) is 5.82 Å². The second-order valence-electron chi connectivity index (χ2n) is 6.23. The molecule has 4 heteroatoms. The molecule has 0 atom stereocenters. The molecule has 0 unspecified atom stereocenters. The van der Waals surface area contributed by atoms with Crippen molar-refractivity contribution in [2.75, 3.05) is 0 Å². The maximum atomic E-state index is 8.87. The fourth-order valence-corrected chi connectivity index (χ4v) is 3.60. The van der Waals surface area contributed by atoms with Crippen molar-refractivity contribution in [2.24, 2.45) is 0 Å².